The van der Waals surface area contributed by atoms with Gasteiger partial charge in [0, 0.05) is 16.2 Å². The molecule has 0 unspecified atom stereocenters. The minimum absolute atomic E-state index is 0.225. The molecule has 5 N–H and O–H groups in total. The first-order valence-electron chi connectivity index (χ1n) is 19.6. The molecule has 11 aromatic rings. The average molecular weight is 779 g/mol. The summed E-state index contributed by atoms with van der Waals surface area (Å²) in [5, 5.41) is 64.7. The van der Waals surface area contributed by atoms with Crippen molar-refractivity contribution < 1.29 is 30.3 Å². The second-order valence-electron chi connectivity index (χ2n) is 15.1. The minimum Gasteiger partial charge on any atom is -0.504 e. The van der Waals surface area contributed by atoms with Gasteiger partial charge in [0.2, 0.25) is 17.2 Å². The molecule has 0 bridgehead atoms. The number of ether oxygens (including phenoxy) is 1. The Morgan fingerprint density at radius 1 is 0.283 bits per heavy atom. The standard InChI is InChI=1S/C54H34O6/c55-49-48(50(56)52(58)53(59)51(49)57)41-27-28-44(34-16-4-3-15-33(34)41)60-54-42-23-11-9-21-39(42)47(40-22-10-12-24-43(40)54)46-37-19-7-5-17-35(37)45(36-18-6-8-20-38(36)46)32-26-25-30-13-1-2-14-31(30)29-32/h1-29,55-59H. The summed E-state index contributed by atoms with van der Waals surface area (Å²) in [6.45, 7) is 0. The monoisotopic (exact) mass is 778 g/mol. The van der Waals surface area contributed by atoms with E-state index in [0.29, 0.717) is 27.8 Å². The van der Waals surface area contributed by atoms with E-state index in [4.69, 9.17) is 4.74 Å². The summed E-state index contributed by atoms with van der Waals surface area (Å²) >= 11 is 0. The Bertz CT molecular complexity index is 3450. The highest BCUT2D eigenvalue weighted by Crippen LogP contribution is 2.57. The normalized spacial score (nSPS) is 11.7. The van der Waals surface area contributed by atoms with E-state index >= 15 is 0 Å². The molecule has 6 nitrogen and oxygen atoms in total. The van der Waals surface area contributed by atoms with Crippen molar-refractivity contribution in [1.29, 1.82) is 0 Å². The highest BCUT2D eigenvalue weighted by molar-refractivity contribution is 6.28. The summed E-state index contributed by atoms with van der Waals surface area (Å²) in [6, 6.07) is 59.9. The molecule has 11 aromatic carbocycles. The second-order valence-corrected chi connectivity index (χ2v) is 15.1. The molecule has 11 rings (SSSR count). The van der Waals surface area contributed by atoms with Crippen LogP contribution in [0.15, 0.2) is 176 Å². The lowest BCUT2D eigenvalue weighted by Crippen LogP contribution is -1.96. The zero-order valence-corrected chi connectivity index (χ0v) is 31.9. The van der Waals surface area contributed by atoms with Crippen LogP contribution in [0.5, 0.6) is 40.2 Å². The summed E-state index contributed by atoms with van der Waals surface area (Å²) in [5.74, 6) is -3.24. The Morgan fingerprint density at radius 3 is 1.22 bits per heavy atom. The Kier molecular flexibility index (Phi) is 7.83. The van der Waals surface area contributed by atoms with Crippen LogP contribution in [0.3, 0.4) is 0 Å². The van der Waals surface area contributed by atoms with Crippen LogP contribution in [0.4, 0.5) is 0 Å². The van der Waals surface area contributed by atoms with Gasteiger partial charge in [0.25, 0.3) is 0 Å². The first kappa shape index (κ1) is 35.0. The molecule has 0 saturated heterocycles. The summed E-state index contributed by atoms with van der Waals surface area (Å²) in [6.07, 6.45) is 0. The molecule has 0 atom stereocenters. The van der Waals surface area contributed by atoms with E-state index in [0.717, 1.165) is 59.8 Å². The van der Waals surface area contributed by atoms with E-state index in [1.54, 1.807) is 18.2 Å². The van der Waals surface area contributed by atoms with Gasteiger partial charge in [-0.1, -0.05) is 158 Å². The van der Waals surface area contributed by atoms with Crippen molar-refractivity contribution >= 4 is 64.6 Å². The van der Waals surface area contributed by atoms with E-state index < -0.39 is 28.7 Å². The zero-order valence-electron chi connectivity index (χ0n) is 31.9. The molecule has 0 fully saturated rings. The summed E-state index contributed by atoms with van der Waals surface area (Å²) in [4.78, 5) is 0. The Morgan fingerprint density at radius 2 is 0.683 bits per heavy atom. The SMILES string of the molecule is Oc1c(O)c(O)c(-c2ccc(Oc3c4ccccc4c(-c4c5ccccc5c(-c5ccc6ccccc6c5)c5ccccc45)c4ccccc34)c3ccccc23)c(O)c1O. The number of hydrogen-bond donors (Lipinski definition) is 5. The van der Waals surface area contributed by atoms with E-state index in [1.165, 1.54) is 16.3 Å². The first-order chi connectivity index (χ1) is 29.4. The molecule has 0 amide bonds. The lowest BCUT2D eigenvalue weighted by molar-refractivity contribution is 0.330. The molecule has 0 aliphatic rings. The molecular formula is C54H34O6. The average Bonchev–Trinajstić information content (AvgIpc) is 3.30. The van der Waals surface area contributed by atoms with E-state index in [-0.39, 0.29) is 5.56 Å². The van der Waals surface area contributed by atoms with Crippen molar-refractivity contribution in [2.75, 3.05) is 0 Å². The maximum atomic E-state index is 10.9. The molecule has 60 heavy (non-hydrogen) atoms. The van der Waals surface area contributed by atoms with Gasteiger partial charge in [-0.3, -0.25) is 0 Å². The van der Waals surface area contributed by atoms with Gasteiger partial charge in [-0.05, 0) is 94.5 Å². The van der Waals surface area contributed by atoms with Gasteiger partial charge in [-0.25, -0.2) is 0 Å². The van der Waals surface area contributed by atoms with Crippen molar-refractivity contribution in [1.82, 2.24) is 0 Å². The van der Waals surface area contributed by atoms with E-state index in [9.17, 15) is 25.5 Å². The van der Waals surface area contributed by atoms with Crippen LogP contribution in [0.25, 0.3) is 98.0 Å². The van der Waals surface area contributed by atoms with Crippen LogP contribution in [0.2, 0.25) is 0 Å². The van der Waals surface area contributed by atoms with Crippen LogP contribution in [0.1, 0.15) is 0 Å². The smallest absolute Gasteiger partial charge is 0.208 e. The summed E-state index contributed by atoms with van der Waals surface area (Å²) in [5.41, 5.74) is 4.68. The van der Waals surface area contributed by atoms with E-state index in [1.807, 2.05) is 30.3 Å². The topological polar surface area (TPSA) is 110 Å². The van der Waals surface area contributed by atoms with Crippen LogP contribution in [-0.2, 0) is 0 Å². The van der Waals surface area contributed by atoms with Crippen molar-refractivity contribution in [3.8, 4) is 73.6 Å². The number of phenols is 5. The molecule has 0 aromatic heterocycles. The maximum absolute atomic E-state index is 10.9. The maximum Gasteiger partial charge on any atom is 0.208 e. The van der Waals surface area contributed by atoms with Crippen molar-refractivity contribution in [3.63, 3.8) is 0 Å². The van der Waals surface area contributed by atoms with E-state index in [2.05, 4.69) is 127 Å². The quantitative estimate of drug-likeness (QED) is 0.0676. The van der Waals surface area contributed by atoms with Gasteiger partial charge < -0.3 is 30.3 Å². The number of benzene rings is 11. The fraction of sp³-hybridized carbons (Fsp3) is 0. The van der Waals surface area contributed by atoms with Crippen molar-refractivity contribution in [2.24, 2.45) is 0 Å². The highest BCUT2D eigenvalue weighted by Gasteiger charge is 2.27. The predicted molar refractivity (Wildman–Crippen MR) is 243 cm³/mol. The molecule has 0 spiro atoms. The number of rotatable bonds is 5. The summed E-state index contributed by atoms with van der Waals surface area (Å²) < 4.78 is 7.05. The van der Waals surface area contributed by atoms with Crippen LogP contribution < -0.4 is 4.74 Å². The molecule has 286 valence electrons. The third-order valence-corrected chi connectivity index (χ3v) is 11.8. The lowest BCUT2D eigenvalue weighted by atomic mass is 9.82. The molecule has 0 saturated carbocycles. The third-order valence-electron chi connectivity index (χ3n) is 11.8. The van der Waals surface area contributed by atoms with Gasteiger partial charge in [0.1, 0.15) is 11.5 Å². The minimum atomic E-state index is -1.01. The number of aromatic hydroxyl groups is 5. The van der Waals surface area contributed by atoms with Gasteiger partial charge in [0.05, 0.1) is 5.56 Å². The zero-order chi connectivity index (χ0) is 40.6. The summed E-state index contributed by atoms with van der Waals surface area (Å²) in [7, 11) is 0. The van der Waals surface area contributed by atoms with Crippen LogP contribution >= 0.6 is 0 Å². The predicted octanol–water partition coefficient (Wildman–Crippen LogP) is 13.9. The Hall–Kier alpha value is -8.22. The number of hydrogen-bond acceptors (Lipinski definition) is 6. The molecule has 0 heterocycles. The number of phenolic OH excluding ortho intramolecular Hbond substituents is 5. The van der Waals surface area contributed by atoms with Crippen molar-refractivity contribution in [3.05, 3.63) is 176 Å². The van der Waals surface area contributed by atoms with Crippen molar-refractivity contribution in [2.45, 2.75) is 0 Å². The number of fused-ring (bicyclic) bond motifs is 6. The van der Waals surface area contributed by atoms with Gasteiger partial charge in [-0.2, -0.15) is 0 Å². The third kappa shape index (κ3) is 5.14. The first-order valence-corrected chi connectivity index (χ1v) is 19.6. The van der Waals surface area contributed by atoms with Gasteiger partial charge >= 0.3 is 0 Å². The van der Waals surface area contributed by atoms with Crippen LogP contribution in [0, 0.1) is 0 Å². The second kappa shape index (κ2) is 13.4. The molecule has 6 heteroatoms. The fourth-order valence-corrected chi connectivity index (χ4v) is 9.15. The molecule has 0 radical (unpaired) electrons. The lowest BCUT2D eigenvalue weighted by Gasteiger charge is -2.22. The Labute approximate surface area is 343 Å². The molecular weight excluding hydrogens is 745 g/mol. The molecule has 0 aliphatic carbocycles. The highest BCUT2D eigenvalue weighted by atomic mass is 16.5. The van der Waals surface area contributed by atoms with Crippen LogP contribution in [-0.4, -0.2) is 25.5 Å². The molecule has 0 aliphatic heterocycles. The van der Waals surface area contributed by atoms with Gasteiger partial charge in [0.15, 0.2) is 11.5 Å². The largest absolute Gasteiger partial charge is 0.504 e. The Balaban J connectivity index is 1.17. The fourth-order valence-electron chi connectivity index (χ4n) is 9.15. The van der Waals surface area contributed by atoms with Gasteiger partial charge in [-0.15, -0.1) is 0 Å².